The Kier molecular flexibility index (Phi) is 0.615. The van der Waals surface area contributed by atoms with Gasteiger partial charge in [-0.05, 0) is 12.1 Å². The lowest BCUT2D eigenvalue weighted by atomic mass is 10.5. The number of nitrogens with zero attached hydrogens (tertiary/aromatic N) is 1. The van der Waals surface area contributed by atoms with E-state index in [2.05, 4.69) is 4.98 Å². The molecule has 2 heterocycles. The summed E-state index contributed by atoms with van der Waals surface area (Å²) in [5.74, 6) is 0. The van der Waals surface area contributed by atoms with Crippen molar-refractivity contribution in [2.24, 2.45) is 0 Å². The summed E-state index contributed by atoms with van der Waals surface area (Å²) in [6.07, 6.45) is 1.66. The summed E-state index contributed by atoms with van der Waals surface area (Å²) in [5, 5.41) is 0.757. The Morgan fingerprint density at radius 2 is 2.50 bits per heavy atom. The maximum absolute atomic E-state index is 10.6. The van der Waals surface area contributed by atoms with Crippen LogP contribution in [-0.2, 0) is 10.8 Å². The lowest BCUT2D eigenvalue weighted by Gasteiger charge is -1.65. The number of aromatic nitrogens is 1. The van der Waals surface area contributed by atoms with Gasteiger partial charge in [-0.2, -0.15) is 0 Å². The van der Waals surface area contributed by atoms with Crippen molar-refractivity contribution in [3.63, 3.8) is 0 Å². The third-order valence-electron chi connectivity index (χ3n) is 1.07. The van der Waals surface area contributed by atoms with Gasteiger partial charge >= 0.3 is 0 Å². The first-order valence-electron chi connectivity index (χ1n) is 2.26. The molecule has 0 aromatic carbocycles. The summed E-state index contributed by atoms with van der Waals surface area (Å²) in [6.45, 7) is 0. The van der Waals surface area contributed by atoms with Crippen molar-refractivity contribution in [2.75, 3.05) is 0 Å². The van der Waals surface area contributed by atoms with Gasteiger partial charge in [0, 0.05) is 6.20 Å². The Morgan fingerprint density at radius 1 is 1.62 bits per heavy atom. The first-order chi connectivity index (χ1) is 3.89. The molecule has 0 amide bonds. The van der Waals surface area contributed by atoms with Crippen LogP contribution in [0.15, 0.2) is 28.3 Å². The largest absolute Gasteiger partial charge is 0.247 e. The Morgan fingerprint density at radius 3 is 3.00 bits per heavy atom. The molecule has 0 fully saturated rings. The summed E-state index contributed by atoms with van der Waals surface area (Å²) in [6, 6.07) is 3.63. The molecule has 1 unspecified atom stereocenters. The zero-order valence-electron chi connectivity index (χ0n) is 4.00. The van der Waals surface area contributed by atoms with Gasteiger partial charge in [-0.3, -0.25) is 0 Å². The highest BCUT2D eigenvalue weighted by Crippen LogP contribution is 2.31. The molecule has 0 bridgehead atoms. The monoisotopic (exact) mass is 125 g/mol. The van der Waals surface area contributed by atoms with Crippen LogP contribution in [0.5, 0.6) is 0 Å². The molecule has 0 N–H and O–H groups in total. The Hall–Kier alpha value is -0.700. The van der Waals surface area contributed by atoms with Crippen molar-refractivity contribution < 1.29 is 4.21 Å². The van der Waals surface area contributed by atoms with Crippen LogP contribution in [0, 0.1) is 0 Å². The van der Waals surface area contributed by atoms with Crippen molar-refractivity contribution in [1.82, 2.24) is 4.98 Å². The lowest BCUT2D eigenvalue weighted by molar-refractivity contribution is 0.692. The molecule has 1 atom stereocenters. The van der Waals surface area contributed by atoms with E-state index in [1.807, 2.05) is 6.07 Å². The zero-order chi connectivity index (χ0) is 5.56. The van der Waals surface area contributed by atoms with Gasteiger partial charge in [0.2, 0.25) is 0 Å². The quantitative estimate of drug-likeness (QED) is 0.481. The normalized spacial score (nSPS) is 22.2. The second-order valence-electron chi connectivity index (χ2n) is 1.58. The predicted molar refractivity (Wildman–Crippen MR) is 28.9 cm³/mol. The molecule has 1 aromatic rings. The molecule has 0 aliphatic carbocycles. The second kappa shape index (κ2) is 1.17. The molecule has 0 radical (unpaired) electrons. The van der Waals surface area contributed by atoms with Crippen LogP contribution in [0.25, 0.3) is 0 Å². The van der Waals surface area contributed by atoms with Crippen molar-refractivity contribution in [1.29, 1.82) is 0 Å². The molecule has 3 heteroatoms. The molecule has 40 valence electrons. The summed E-state index contributed by atoms with van der Waals surface area (Å²) >= 11 is 0. The molecule has 1 aliphatic rings. The molecule has 2 rings (SSSR count). The van der Waals surface area contributed by atoms with Crippen molar-refractivity contribution in [2.45, 2.75) is 9.92 Å². The minimum atomic E-state index is -0.826. The highest BCUT2D eigenvalue weighted by Gasteiger charge is 2.28. The fraction of sp³-hybridized carbons (Fsp3) is 0. The predicted octanol–water partition coefficient (Wildman–Crippen LogP) is 0.562. The topological polar surface area (TPSA) is 30.0 Å². The second-order valence-corrected chi connectivity index (χ2v) is 2.94. The molecule has 0 saturated heterocycles. The van der Waals surface area contributed by atoms with E-state index in [9.17, 15) is 4.21 Å². The number of hydrogen-bond donors (Lipinski definition) is 0. The summed E-state index contributed by atoms with van der Waals surface area (Å²) in [5.41, 5.74) is 0. The summed E-state index contributed by atoms with van der Waals surface area (Å²) < 4.78 is 10.6. The Bertz CT molecular complexity index is 233. The summed E-state index contributed by atoms with van der Waals surface area (Å²) in [4.78, 5) is 4.75. The number of fused-ring (bicyclic) bond motifs is 1. The van der Waals surface area contributed by atoms with Crippen LogP contribution in [0.2, 0.25) is 0 Å². The smallest absolute Gasteiger partial charge is 0.148 e. The number of hydrogen-bond acceptors (Lipinski definition) is 2. The van der Waals surface area contributed by atoms with Gasteiger partial charge < -0.3 is 0 Å². The minimum absolute atomic E-state index is 0.757. The van der Waals surface area contributed by atoms with Crippen LogP contribution in [0.3, 0.4) is 0 Å². The lowest BCUT2D eigenvalue weighted by Crippen LogP contribution is -1.59. The highest BCUT2D eigenvalue weighted by molar-refractivity contribution is 7.90. The maximum atomic E-state index is 10.6. The standard InChI is InChI=1S/C5H3NOS/c7-8-4-2-1-3-6-5(4)8/h1-3H. The Labute approximate surface area is 49.0 Å². The molecule has 1 aromatic heterocycles. The van der Waals surface area contributed by atoms with Gasteiger partial charge in [0.05, 0.1) is 4.90 Å². The highest BCUT2D eigenvalue weighted by atomic mass is 32.2. The van der Waals surface area contributed by atoms with Crippen LogP contribution >= 0.6 is 0 Å². The summed E-state index contributed by atoms with van der Waals surface area (Å²) in [7, 11) is -0.826. The van der Waals surface area contributed by atoms with E-state index in [-0.39, 0.29) is 0 Å². The molecule has 2 nitrogen and oxygen atoms in total. The van der Waals surface area contributed by atoms with E-state index in [1.54, 1.807) is 12.3 Å². The zero-order valence-corrected chi connectivity index (χ0v) is 4.81. The van der Waals surface area contributed by atoms with Crippen LogP contribution in [0.1, 0.15) is 0 Å². The Balaban J connectivity index is 2.74. The third kappa shape index (κ3) is 0.369. The van der Waals surface area contributed by atoms with Gasteiger partial charge in [-0.25, -0.2) is 9.19 Å². The van der Waals surface area contributed by atoms with Gasteiger partial charge in [-0.1, -0.05) is 0 Å². The van der Waals surface area contributed by atoms with E-state index < -0.39 is 10.8 Å². The van der Waals surface area contributed by atoms with Gasteiger partial charge in [0.25, 0.3) is 0 Å². The van der Waals surface area contributed by atoms with Crippen molar-refractivity contribution in [3.8, 4) is 0 Å². The minimum Gasteiger partial charge on any atom is -0.247 e. The molecular weight excluding hydrogens is 122 g/mol. The van der Waals surface area contributed by atoms with Crippen LogP contribution in [-0.4, -0.2) is 9.19 Å². The van der Waals surface area contributed by atoms with Crippen molar-refractivity contribution in [3.05, 3.63) is 18.3 Å². The fourth-order valence-electron chi connectivity index (χ4n) is 0.624. The van der Waals surface area contributed by atoms with E-state index in [0.717, 1.165) is 9.92 Å². The van der Waals surface area contributed by atoms with Gasteiger partial charge in [0.15, 0.2) is 0 Å². The third-order valence-corrected chi connectivity index (χ3v) is 2.27. The SMILES string of the molecule is O=S1c2cccnc21. The number of rotatable bonds is 0. The van der Waals surface area contributed by atoms with Crippen molar-refractivity contribution >= 4 is 10.8 Å². The molecule has 1 aliphatic heterocycles. The van der Waals surface area contributed by atoms with Gasteiger partial charge in [0.1, 0.15) is 15.8 Å². The van der Waals surface area contributed by atoms with Gasteiger partial charge in [-0.15, -0.1) is 0 Å². The average molecular weight is 125 g/mol. The van der Waals surface area contributed by atoms with Crippen LogP contribution < -0.4 is 0 Å². The molecule has 0 spiro atoms. The van der Waals surface area contributed by atoms with Crippen LogP contribution in [0.4, 0.5) is 0 Å². The van der Waals surface area contributed by atoms with E-state index in [4.69, 9.17) is 0 Å². The van der Waals surface area contributed by atoms with E-state index in [0.29, 0.717) is 0 Å². The first-order valence-corrected chi connectivity index (χ1v) is 3.41. The molecule has 0 saturated carbocycles. The molecular formula is C5H3NOS. The average Bonchev–Trinajstić information content (AvgIpc) is 2.46. The van der Waals surface area contributed by atoms with E-state index in [1.165, 1.54) is 0 Å². The molecule has 8 heavy (non-hydrogen) atoms. The maximum Gasteiger partial charge on any atom is 0.148 e. The first kappa shape index (κ1) is 4.21. The fourth-order valence-corrected chi connectivity index (χ4v) is 1.48. The number of pyridine rings is 1. The van der Waals surface area contributed by atoms with E-state index >= 15 is 0 Å².